The van der Waals surface area contributed by atoms with E-state index in [4.69, 9.17) is 4.74 Å². The maximum absolute atomic E-state index is 12.3. The third-order valence-corrected chi connectivity index (χ3v) is 5.69. The van der Waals surface area contributed by atoms with Crippen molar-refractivity contribution in [3.63, 3.8) is 0 Å². The van der Waals surface area contributed by atoms with Crippen molar-refractivity contribution in [2.75, 3.05) is 19.4 Å². The number of hydrogen-bond acceptors (Lipinski definition) is 5. The van der Waals surface area contributed by atoms with Gasteiger partial charge in [0, 0.05) is 6.54 Å². The molecular weight excluding hydrogens is 354 g/mol. The maximum Gasteiger partial charge on any atom is 0.224 e. The molecule has 0 saturated carbocycles. The van der Waals surface area contributed by atoms with Gasteiger partial charge in [0.05, 0.1) is 41.5 Å². The highest BCUT2D eigenvalue weighted by Crippen LogP contribution is 2.16. The highest BCUT2D eigenvalue weighted by Gasteiger charge is 2.15. The number of amides is 1. The number of imidazole rings is 1. The minimum atomic E-state index is -3.46. The van der Waals surface area contributed by atoms with Gasteiger partial charge in [-0.3, -0.25) is 4.79 Å². The number of carbonyl (C=O) groups is 1. The summed E-state index contributed by atoms with van der Waals surface area (Å²) in [6.45, 7) is 0.0551. The van der Waals surface area contributed by atoms with Gasteiger partial charge in [0.1, 0.15) is 5.75 Å². The van der Waals surface area contributed by atoms with Gasteiger partial charge in [0.15, 0.2) is 9.84 Å². The van der Waals surface area contributed by atoms with Crippen molar-refractivity contribution in [2.24, 2.45) is 0 Å². The molecular formula is C18H19N3O4S. The molecule has 0 aliphatic rings. The Bertz CT molecular complexity index is 1010. The number of rotatable bonds is 7. The quantitative estimate of drug-likeness (QED) is 0.656. The van der Waals surface area contributed by atoms with E-state index in [2.05, 4.69) is 15.3 Å². The predicted octanol–water partition coefficient (Wildman–Crippen LogP) is 1.70. The van der Waals surface area contributed by atoms with Gasteiger partial charge >= 0.3 is 0 Å². The number of nitrogens with zero attached hydrogens (tertiary/aromatic N) is 1. The van der Waals surface area contributed by atoms with Crippen LogP contribution in [0.5, 0.6) is 5.75 Å². The van der Waals surface area contributed by atoms with Crippen molar-refractivity contribution in [1.82, 2.24) is 15.3 Å². The highest BCUT2D eigenvalue weighted by atomic mass is 32.2. The second kappa shape index (κ2) is 7.57. The van der Waals surface area contributed by atoms with E-state index in [0.29, 0.717) is 5.75 Å². The lowest BCUT2D eigenvalue weighted by atomic mass is 10.1. The van der Waals surface area contributed by atoms with Crippen LogP contribution in [0.4, 0.5) is 0 Å². The molecule has 136 valence electrons. The van der Waals surface area contributed by atoms with Crippen LogP contribution in [0, 0.1) is 0 Å². The monoisotopic (exact) mass is 373 g/mol. The molecule has 3 rings (SSSR count). The van der Waals surface area contributed by atoms with E-state index in [9.17, 15) is 13.2 Å². The maximum atomic E-state index is 12.3. The number of aromatic amines is 1. The zero-order chi connectivity index (χ0) is 18.6. The minimum absolute atomic E-state index is 0.0551. The molecule has 1 heterocycles. The summed E-state index contributed by atoms with van der Waals surface area (Å²) in [7, 11) is -1.94. The van der Waals surface area contributed by atoms with Crippen LogP contribution >= 0.6 is 0 Å². The van der Waals surface area contributed by atoms with Crippen molar-refractivity contribution in [3.05, 3.63) is 54.4 Å². The molecule has 2 aromatic carbocycles. The summed E-state index contributed by atoms with van der Waals surface area (Å²) in [5, 5.41) is 2.65. The van der Waals surface area contributed by atoms with Gasteiger partial charge in [0.2, 0.25) is 5.91 Å². The molecule has 0 unspecified atom stereocenters. The summed E-state index contributed by atoms with van der Waals surface area (Å²) in [6.07, 6.45) is 1.77. The Balaban J connectivity index is 1.53. The number of fused-ring (bicyclic) bond motifs is 1. The Hall–Kier alpha value is -2.87. The van der Waals surface area contributed by atoms with E-state index in [1.807, 2.05) is 18.2 Å². The predicted molar refractivity (Wildman–Crippen MR) is 97.9 cm³/mol. The first kappa shape index (κ1) is 17.9. The average Bonchev–Trinajstić information content (AvgIpc) is 3.09. The fourth-order valence-electron chi connectivity index (χ4n) is 2.57. The zero-order valence-electron chi connectivity index (χ0n) is 14.2. The fourth-order valence-corrected chi connectivity index (χ4v) is 3.72. The fraction of sp³-hybridized carbons (Fsp3) is 0.222. The number of nitrogens with one attached hydrogen (secondary N) is 2. The smallest absolute Gasteiger partial charge is 0.224 e. The van der Waals surface area contributed by atoms with Crippen molar-refractivity contribution in [1.29, 1.82) is 0 Å². The largest absolute Gasteiger partial charge is 0.497 e. The molecule has 0 saturated heterocycles. The number of ether oxygens (including phenoxy) is 1. The summed E-state index contributed by atoms with van der Waals surface area (Å²) in [5.41, 5.74) is 2.52. The number of benzene rings is 2. The van der Waals surface area contributed by atoms with Gasteiger partial charge in [-0.1, -0.05) is 6.07 Å². The summed E-state index contributed by atoms with van der Waals surface area (Å²) >= 11 is 0. The van der Waals surface area contributed by atoms with Crippen LogP contribution in [0.25, 0.3) is 11.0 Å². The molecule has 8 heteroatoms. The molecule has 26 heavy (non-hydrogen) atoms. The molecule has 1 aromatic heterocycles. The summed E-state index contributed by atoms with van der Waals surface area (Å²) in [6, 6.07) is 11.7. The molecule has 0 fully saturated rings. The molecule has 0 aliphatic heterocycles. The normalized spacial score (nSPS) is 11.4. The molecule has 2 N–H and O–H groups in total. The molecule has 1 amide bonds. The lowest BCUT2D eigenvalue weighted by Crippen LogP contribution is -2.30. The molecule has 0 radical (unpaired) electrons. The number of sulfone groups is 1. The lowest BCUT2D eigenvalue weighted by molar-refractivity contribution is -0.120. The number of aromatic nitrogens is 2. The standard InChI is InChI=1S/C18H19N3O4S/c1-25-14-3-5-15(6-4-14)26(23,24)9-8-19-18(22)11-13-2-7-16-17(10-13)21-12-20-16/h2-7,10,12H,8-9,11H2,1H3,(H,19,22)(H,20,21). The molecule has 0 spiro atoms. The third-order valence-electron chi connectivity index (χ3n) is 3.96. The van der Waals surface area contributed by atoms with Crippen LogP contribution in [0.15, 0.2) is 53.7 Å². The van der Waals surface area contributed by atoms with E-state index in [1.165, 1.54) is 19.2 Å². The lowest BCUT2D eigenvalue weighted by Gasteiger charge is -2.08. The summed E-state index contributed by atoms with van der Waals surface area (Å²) in [5.74, 6) is 0.199. The topological polar surface area (TPSA) is 101 Å². The van der Waals surface area contributed by atoms with Crippen LogP contribution < -0.4 is 10.1 Å². The van der Waals surface area contributed by atoms with Gasteiger partial charge in [0.25, 0.3) is 0 Å². The highest BCUT2D eigenvalue weighted by molar-refractivity contribution is 7.91. The van der Waals surface area contributed by atoms with E-state index in [-0.39, 0.29) is 29.5 Å². The van der Waals surface area contributed by atoms with Crippen molar-refractivity contribution >= 4 is 26.8 Å². The first-order valence-electron chi connectivity index (χ1n) is 8.03. The summed E-state index contributed by atoms with van der Waals surface area (Å²) in [4.78, 5) is 19.4. The first-order valence-corrected chi connectivity index (χ1v) is 9.69. The molecule has 0 aliphatic carbocycles. The minimum Gasteiger partial charge on any atom is -0.497 e. The third kappa shape index (κ3) is 4.20. The van der Waals surface area contributed by atoms with Crippen LogP contribution in [-0.4, -0.2) is 43.7 Å². The second-order valence-corrected chi connectivity index (χ2v) is 7.88. The zero-order valence-corrected chi connectivity index (χ0v) is 15.0. The SMILES string of the molecule is COc1ccc(S(=O)(=O)CCNC(=O)Cc2ccc3nc[nH]c3c2)cc1. The Morgan fingerprint density at radius 2 is 1.96 bits per heavy atom. The number of carbonyl (C=O) groups excluding carboxylic acids is 1. The number of methoxy groups -OCH3 is 1. The van der Waals surface area contributed by atoms with Gasteiger partial charge < -0.3 is 15.0 Å². The van der Waals surface area contributed by atoms with Gasteiger partial charge in [-0.05, 0) is 42.0 Å². The van der Waals surface area contributed by atoms with Crippen LogP contribution in [0.2, 0.25) is 0 Å². The van der Waals surface area contributed by atoms with Gasteiger partial charge in [-0.15, -0.1) is 0 Å². The molecule has 0 atom stereocenters. The Labute approximate surface area is 151 Å². The molecule has 3 aromatic rings. The second-order valence-electron chi connectivity index (χ2n) is 5.78. The van der Waals surface area contributed by atoms with Gasteiger partial charge in [-0.2, -0.15) is 0 Å². The van der Waals surface area contributed by atoms with E-state index in [1.54, 1.807) is 18.5 Å². The Morgan fingerprint density at radius 3 is 2.69 bits per heavy atom. The molecule has 0 bridgehead atoms. The first-order chi connectivity index (χ1) is 12.5. The number of hydrogen-bond donors (Lipinski definition) is 2. The van der Waals surface area contributed by atoms with Crippen molar-refractivity contribution in [2.45, 2.75) is 11.3 Å². The van der Waals surface area contributed by atoms with Crippen molar-refractivity contribution < 1.29 is 17.9 Å². The van der Waals surface area contributed by atoms with Crippen molar-refractivity contribution in [3.8, 4) is 5.75 Å². The number of H-pyrrole nitrogens is 1. The van der Waals surface area contributed by atoms with Crippen LogP contribution in [-0.2, 0) is 21.1 Å². The van der Waals surface area contributed by atoms with Crippen LogP contribution in [0.3, 0.4) is 0 Å². The van der Waals surface area contributed by atoms with Crippen LogP contribution in [0.1, 0.15) is 5.56 Å². The Kier molecular flexibility index (Phi) is 5.22. The Morgan fingerprint density at radius 1 is 1.19 bits per heavy atom. The van der Waals surface area contributed by atoms with E-state index in [0.717, 1.165) is 16.6 Å². The average molecular weight is 373 g/mol. The molecule has 7 nitrogen and oxygen atoms in total. The van der Waals surface area contributed by atoms with E-state index < -0.39 is 9.84 Å². The van der Waals surface area contributed by atoms with E-state index >= 15 is 0 Å². The summed E-state index contributed by atoms with van der Waals surface area (Å²) < 4.78 is 29.6. The van der Waals surface area contributed by atoms with Gasteiger partial charge in [-0.25, -0.2) is 13.4 Å².